The molecule has 0 radical (unpaired) electrons. The van der Waals surface area contributed by atoms with Crippen molar-refractivity contribution in [3.8, 4) is 0 Å². The van der Waals surface area contributed by atoms with E-state index in [-0.39, 0.29) is 132 Å². The van der Waals surface area contributed by atoms with Crippen molar-refractivity contribution in [3.05, 3.63) is 23.5 Å². The Labute approximate surface area is 325 Å². The van der Waals surface area contributed by atoms with Gasteiger partial charge in [-0.05, 0) is 43.2 Å². The number of H-pyrrole nitrogens is 1. The zero-order valence-electron chi connectivity index (χ0n) is 24.0. The number of fused-ring (bicyclic) bond motifs is 1. The van der Waals surface area contributed by atoms with Crippen LogP contribution in [0.5, 0.6) is 0 Å². The molecule has 0 aliphatic carbocycles. The number of unbranched alkanes of at least 4 members (excludes halogenated alkanes) is 10. The average Bonchev–Trinajstić information content (AvgIpc) is 3.23. The molecular weight excluding hydrogens is 611 g/mol. The van der Waals surface area contributed by atoms with Crippen LogP contribution < -0.4 is 103 Å². The molecule has 0 aliphatic heterocycles. The minimum atomic E-state index is -4.74. The van der Waals surface area contributed by atoms with Crippen LogP contribution in [0.15, 0.2) is 17.0 Å². The fraction of sp³-hybridized carbons (Fsp3) is 0.692. The minimum absolute atomic E-state index is 0. The first kappa shape index (κ1) is 40.9. The van der Waals surface area contributed by atoms with Gasteiger partial charge in [0.15, 0.2) is 0 Å². The summed E-state index contributed by atoms with van der Waals surface area (Å²) in [7, 11) is -9.14. The number of aromatic nitrogens is 2. The molecule has 1 aromatic heterocycles. The number of nitrogens with zero attached hydrogens (tertiary/aromatic N) is 1. The molecule has 0 spiro atoms. The summed E-state index contributed by atoms with van der Waals surface area (Å²) in [6.45, 7) is 3.56. The van der Waals surface area contributed by atoms with Crippen LogP contribution >= 0.6 is 12.2 Å². The van der Waals surface area contributed by atoms with Crippen LogP contribution in [0.2, 0.25) is 0 Å². The van der Waals surface area contributed by atoms with Gasteiger partial charge >= 0.3 is 103 Å². The minimum Gasteiger partial charge on any atom is -0.748 e. The number of imidazole rings is 1. The second kappa shape index (κ2) is 20.8. The maximum atomic E-state index is 11.9. The number of aromatic amines is 1. The number of thiocarbonyl (C=S) groups is 1. The van der Waals surface area contributed by atoms with E-state index in [1.807, 2.05) is 0 Å². The van der Waals surface area contributed by atoms with Crippen molar-refractivity contribution in [2.75, 3.05) is 0 Å². The maximum absolute atomic E-state index is 11.9. The molecule has 0 aliphatic rings. The van der Waals surface area contributed by atoms with E-state index in [1.165, 1.54) is 70.4 Å². The van der Waals surface area contributed by atoms with Gasteiger partial charge < -0.3 is 14.1 Å². The molecule has 0 saturated heterocycles. The van der Waals surface area contributed by atoms with E-state index < -0.39 is 25.5 Å². The summed E-state index contributed by atoms with van der Waals surface area (Å²) in [5.41, 5.74) is 1.14. The van der Waals surface area contributed by atoms with Crippen molar-refractivity contribution >= 4 is 48.4 Å². The Hall–Kier alpha value is 1.87. The van der Waals surface area contributed by atoms with Crippen molar-refractivity contribution in [1.29, 1.82) is 0 Å². The monoisotopic (exact) mass is 650 g/mol. The van der Waals surface area contributed by atoms with Crippen LogP contribution in [0.25, 0.3) is 11.0 Å². The molecule has 1 atom stereocenters. The molecule has 1 N–H and O–H groups in total. The summed E-state index contributed by atoms with van der Waals surface area (Å²) in [4.78, 5) is 7.81. The normalized spacial score (nSPS) is 12.6. The standard InChI is InChI=1S/C26H42N2O6S3.2K/c1-3-4-5-6-7-8-9-10-11-12-13-14-21(35)19-22-24(37(32,33)34)17-16-23-26(22)28-25(27-23)18-15-20(2)36(29,30)31;;/h16-17,20H,3-15,18-19H2,1-2H3,(H,27,28)(H,29,30,31)(H,32,33,34);;/q;2*+1/p-2. The number of nitrogens with one attached hydrogen (secondary N) is 1. The number of hydrogen-bond donors (Lipinski definition) is 1. The van der Waals surface area contributed by atoms with Crippen molar-refractivity contribution < 1.29 is 129 Å². The fourth-order valence-corrected chi connectivity index (χ4v) is 5.84. The Kier molecular flexibility index (Phi) is 21.8. The third-order valence-electron chi connectivity index (χ3n) is 6.75. The number of rotatable bonds is 19. The Morgan fingerprint density at radius 2 is 1.46 bits per heavy atom. The molecule has 210 valence electrons. The molecule has 13 heteroatoms. The SMILES string of the molecule is CCCCCCCCCCCCCC(=S)Cc1c(S(=O)(=O)[O-])ccc2[nH]c(CCC(C)S(=O)(=O)[O-])nc12.[K+].[K+]. The summed E-state index contributed by atoms with van der Waals surface area (Å²) < 4.78 is 69.3. The number of hydrogen-bond acceptors (Lipinski definition) is 8. The Morgan fingerprint density at radius 3 is 1.97 bits per heavy atom. The summed E-state index contributed by atoms with van der Waals surface area (Å²) in [5, 5.41) is -1.07. The van der Waals surface area contributed by atoms with E-state index in [1.54, 1.807) is 0 Å². The van der Waals surface area contributed by atoms with Gasteiger partial charge in [-0.15, -0.1) is 0 Å². The summed E-state index contributed by atoms with van der Waals surface area (Å²) >= 11 is 5.55. The van der Waals surface area contributed by atoms with Crippen LogP contribution in [0, 0.1) is 0 Å². The fourth-order valence-electron chi connectivity index (χ4n) is 4.44. The van der Waals surface area contributed by atoms with Gasteiger partial charge in [-0.3, -0.25) is 0 Å². The molecule has 8 nitrogen and oxygen atoms in total. The van der Waals surface area contributed by atoms with Crippen LogP contribution in [0.1, 0.15) is 109 Å². The summed E-state index contributed by atoms with van der Waals surface area (Å²) in [6, 6.07) is 2.73. The van der Waals surface area contributed by atoms with Gasteiger partial charge in [0, 0.05) is 23.7 Å². The molecule has 0 bridgehead atoms. The van der Waals surface area contributed by atoms with Gasteiger partial charge in [-0.1, -0.05) is 83.3 Å². The Bertz CT molecular complexity index is 1230. The summed E-state index contributed by atoms with van der Waals surface area (Å²) in [6.07, 6.45) is 14.5. The largest absolute Gasteiger partial charge is 1.00 e. The van der Waals surface area contributed by atoms with Gasteiger partial charge in [-0.25, -0.2) is 21.8 Å². The van der Waals surface area contributed by atoms with Crippen molar-refractivity contribution in [2.24, 2.45) is 0 Å². The number of aryl methyl sites for hydroxylation is 1. The molecule has 1 aromatic carbocycles. The van der Waals surface area contributed by atoms with E-state index in [4.69, 9.17) is 12.2 Å². The predicted octanol–water partition coefficient (Wildman–Crippen LogP) is -0.0452. The number of benzene rings is 1. The first-order valence-corrected chi connectivity index (χ1v) is 16.6. The molecule has 0 amide bonds. The maximum Gasteiger partial charge on any atom is 1.00 e. The van der Waals surface area contributed by atoms with Crippen LogP contribution in [-0.2, 0) is 33.1 Å². The van der Waals surface area contributed by atoms with E-state index >= 15 is 0 Å². The molecule has 2 rings (SSSR count). The molecule has 1 unspecified atom stereocenters. The quantitative estimate of drug-likeness (QED) is 0.0966. The molecule has 39 heavy (non-hydrogen) atoms. The Balaban J connectivity index is 0.00000722. The molecule has 2 aromatic rings. The zero-order valence-corrected chi connectivity index (χ0v) is 32.7. The van der Waals surface area contributed by atoms with Crippen LogP contribution in [-0.4, -0.2) is 46.0 Å². The van der Waals surface area contributed by atoms with Crippen molar-refractivity contribution in [2.45, 2.75) is 120 Å². The van der Waals surface area contributed by atoms with Crippen molar-refractivity contribution in [3.63, 3.8) is 0 Å². The average molecular weight is 651 g/mol. The molecule has 1 heterocycles. The topological polar surface area (TPSA) is 143 Å². The second-order valence-electron chi connectivity index (χ2n) is 9.92. The van der Waals surface area contributed by atoms with Gasteiger partial charge in [0.05, 0.1) is 26.0 Å². The predicted molar refractivity (Wildman–Crippen MR) is 149 cm³/mol. The molecular formula is C26H40K2N2O6S3. The van der Waals surface area contributed by atoms with Crippen molar-refractivity contribution in [1.82, 2.24) is 9.97 Å². The Morgan fingerprint density at radius 1 is 0.923 bits per heavy atom. The van der Waals surface area contributed by atoms with Gasteiger partial charge in [0.2, 0.25) is 0 Å². The third-order valence-corrected chi connectivity index (χ3v) is 9.24. The van der Waals surface area contributed by atoms with E-state index in [0.717, 1.165) is 19.3 Å². The molecule has 0 fully saturated rings. The third kappa shape index (κ3) is 15.4. The van der Waals surface area contributed by atoms with Gasteiger partial charge in [-0.2, -0.15) is 0 Å². The van der Waals surface area contributed by atoms with Crippen LogP contribution in [0.4, 0.5) is 0 Å². The zero-order chi connectivity index (χ0) is 27.5. The van der Waals surface area contributed by atoms with Crippen LogP contribution in [0.3, 0.4) is 0 Å². The molecule has 0 saturated carbocycles. The smallest absolute Gasteiger partial charge is 0.748 e. The second-order valence-corrected chi connectivity index (χ2v) is 13.6. The first-order valence-electron chi connectivity index (χ1n) is 13.4. The van der Waals surface area contributed by atoms with E-state index in [0.29, 0.717) is 28.1 Å². The summed E-state index contributed by atoms with van der Waals surface area (Å²) in [5.74, 6) is 0.420. The van der Waals surface area contributed by atoms with E-state index in [2.05, 4.69) is 16.9 Å². The first-order chi connectivity index (χ1) is 17.4. The van der Waals surface area contributed by atoms with Gasteiger partial charge in [0.1, 0.15) is 15.9 Å². The van der Waals surface area contributed by atoms with E-state index in [9.17, 15) is 25.9 Å². The van der Waals surface area contributed by atoms with Gasteiger partial charge in [0.25, 0.3) is 0 Å².